The summed E-state index contributed by atoms with van der Waals surface area (Å²) in [5.74, 6) is -0.205. The number of hydrogen-bond donors (Lipinski definition) is 1. The number of rotatable bonds is 5. The molecule has 0 bridgehead atoms. The quantitative estimate of drug-likeness (QED) is 0.806. The first-order chi connectivity index (χ1) is 10.2. The zero-order valence-electron chi connectivity index (χ0n) is 12.4. The van der Waals surface area contributed by atoms with Crippen molar-refractivity contribution in [1.82, 2.24) is 14.9 Å². The van der Waals surface area contributed by atoms with E-state index in [0.29, 0.717) is 19.0 Å². The summed E-state index contributed by atoms with van der Waals surface area (Å²) in [5.41, 5.74) is -0.573. The first-order valence-electron chi connectivity index (χ1n) is 7.26. The predicted octanol–water partition coefficient (Wildman–Crippen LogP) is 0.730. The molecule has 1 aromatic rings. The van der Waals surface area contributed by atoms with Gasteiger partial charge in [-0.25, -0.2) is 9.78 Å². The maximum atomic E-state index is 11.9. The summed E-state index contributed by atoms with van der Waals surface area (Å²) in [5, 5.41) is 0. The van der Waals surface area contributed by atoms with Gasteiger partial charge in [0.2, 0.25) is 0 Å². The van der Waals surface area contributed by atoms with Gasteiger partial charge in [-0.2, -0.15) is 0 Å². The smallest absolute Gasteiger partial charge is 0.345 e. The minimum absolute atomic E-state index is 0.0816. The topological polar surface area (TPSA) is 84.5 Å². The van der Waals surface area contributed by atoms with Crippen LogP contribution >= 0.6 is 0 Å². The molecule has 1 unspecified atom stereocenters. The third-order valence-corrected chi connectivity index (χ3v) is 3.31. The molecule has 0 radical (unpaired) electrons. The van der Waals surface area contributed by atoms with Gasteiger partial charge in [-0.05, 0) is 19.9 Å². The summed E-state index contributed by atoms with van der Waals surface area (Å²) in [7, 11) is 0. The Morgan fingerprint density at radius 1 is 1.57 bits per heavy atom. The Bertz CT molecular complexity index is 541. The number of aromatic amines is 1. The molecule has 116 valence electrons. The van der Waals surface area contributed by atoms with Gasteiger partial charge in [-0.15, -0.1) is 0 Å². The highest BCUT2D eigenvalue weighted by atomic mass is 16.5. The van der Waals surface area contributed by atoms with Crippen LogP contribution in [0.4, 0.5) is 0 Å². The molecular formula is C14H21N3O4. The summed E-state index contributed by atoms with van der Waals surface area (Å²) in [6, 6.07) is 0. The lowest BCUT2D eigenvalue weighted by molar-refractivity contribution is -0.0343. The summed E-state index contributed by atoms with van der Waals surface area (Å²) < 4.78 is 10.5. The first kappa shape index (κ1) is 15.7. The van der Waals surface area contributed by atoms with Crippen LogP contribution in [0.2, 0.25) is 0 Å². The minimum Gasteiger partial charge on any atom is -0.462 e. The van der Waals surface area contributed by atoms with Crippen LogP contribution in [0.5, 0.6) is 0 Å². The monoisotopic (exact) mass is 295 g/mol. The largest absolute Gasteiger partial charge is 0.462 e. The highest BCUT2D eigenvalue weighted by Gasteiger charge is 2.24. The molecule has 0 aliphatic carbocycles. The lowest BCUT2D eigenvalue weighted by atomic mass is 10.2. The summed E-state index contributed by atoms with van der Waals surface area (Å²) in [4.78, 5) is 32.6. The maximum absolute atomic E-state index is 11.9. The van der Waals surface area contributed by atoms with E-state index in [9.17, 15) is 9.59 Å². The van der Waals surface area contributed by atoms with Crippen molar-refractivity contribution in [2.45, 2.75) is 26.4 Å². The van der Waals surface area contributed by atoms with Crippen molar-refractivity contribution in [2.24, 2.45) is 0 Å². The van der Waals surface area contributed by atoms with Crippen molar-refractivity contribution in [3.05, 3.63) is 27.9 Å². The van der Waals surface area contributed by atoms with Crippen LogP contribution in [-0.4, -0.2) is 53.7 Å². The summed E-state index contributed by atoms with van der Waals surface area (Å²) in [6.07, 6.45) is 2.06. The van der Waals surface area contributed by atoms with Crippen LogP contribution in [0.15, 0.2) is 11.0 Å². The maximum Gasteiger partial charge on any atom is 0.345 e. The van der Waals surface area contributed by atoms with Crippen LogP contribution in [0.25, 0.3) is 0 Å². The lowest BCUT2D eigenvalue weighted by Gasteiger charge is -2.31. The number of hydrogen-bond acceptors (Lipinski definition) is 6. The fourth-order valence-corrected chi connectivity index (χ4v) is 2.31. The number of nitrogens with zero attached hydrogens (tertiary/aromatic N) is 2. The second-order valence-corrected chi connectivity index (χ2v) is 4.89. The molecule has 7 heteroatoms. The molecule has 1 aromatic heterocycles. The fraction of sp³-hybridized carbons (Fsp3) is 0.643. The van der Waals surface area contributed by atoms with E-state index in [0.717, 1.165) is 19.5 Å². The lowest BCUT2D eigenvalue weighted by Crippen LogP contribution is -2.39. The Labute approximate surface area is 123 Å². The number of carbonyl (C=O) groups excluding carboxylic acids is 1. The van der Waals surface area contributed by atoms with Gasteiger partial charge in [0.1, 0.15) is 17.5 Å². The normalized spacial score (nSPS) is 19.4. The molecule has 0 aromatic carbocycles. The third-order valence-electron chi connectivity index (χ3n) is 3.31. The number of morpholine rings is 1. The van der Waals surface area contributed by atoms with Crippen LogP contribution in [0.1, 0.15) is 42.6 Å². The zero-order valence-corrected chi connectivity index (χ0v) is 12.4. The van der Waals surface area contributed by atoms with Gasteiger partial charge in [0.05, 0.1) is 13.2 Å². The van der Waals surface area contributed by atoms with Gasteiger partial charge in [-0.1, -0.05) is 6.92 Å². The van der Waals surface area contributed by atoms with Crippen LogP contribution < -0.4 is 5.56 Å². The van der Waals surface area contributed by atoms with Crippen LogP contribution in [0.3, 0.4) is 0 Å². The highest BCUT2D eigenvalue weighted by Crippen LogP contribution is 2.18. The molecule has 0 saturated carbocycles. The van der Waals surface area contributed by atoms with Gasteiger partial charge < -0.3 is 14.5 Å². The van der Waals surface area contributed by atoms with E-state index in [4.69, 9.17) is 9.47 Å². The van der Waals surface area contributed by atoms with Crippen LogP contribution in [-0.2, 0) is 9.47 Å². The van der Waals surface area contributed by atoms with Crippen molar-refractivity contribution in [2.75, 3.05) is 32.8 Å². The summed E-state index contributed by atoms with van der Waals surface area (Å²) >= 11 is 0. The predicted molar refractivity (Wildman–Crippen MR) is 76.2 cm³/mol. The molecular weight excluding hydrogens is 274 g/mol. The Balaban J connectivity index is 2.12. The molecule has 1 aliphatic rings. The van der Waals surface area contributed by atoms with E-state index >= 15 is 0 Å². The second kappa shape index (κ2) is 7.33. The van der Waals surface area contributed by atoms with Gasteiger partial charge in [0, 0.05) is 19.3 Å². The standard InChI is InChI=1S/C14H21N3O4/c1-3-5-17-6-7-21-11(9-17)12-15-8-10(13(18)16-12)14(19)20-4-2/h8,11H,3-7,9H2,1-2H3,(H,15,16,18). The van der Waals surface area contributed by atoms with Crippen molar-refractivity contribution in [1.29, 1.82) is 0 Å². The van der Waals surface area contributed by atoms with Gasteiger partial charge in [0.15, 0.2) is 0 Å². The van der Waals surface area contributed by atoms with Gasteiger partial charge >= 0.3 is 5.97 Å². The number of nitrogens with one attached hydrogen (secondary N) is 1. The number of carbonyl (C=O) groups is 1. The Morgan fingerprint density at radius 3 is 3.05 bits per heavy atom. The SMILES string of the molecule is CCCN1CCOC(c2ncc(C(=O)OCC)c(=O)[nH]2)C1. The summed E-state index contributed by atoms with van der Waals surface area (Å²) in [6.45, 7) is 7.20. The van der Waals surface area contributed by atoms with E-state index < -0.39 is 11.5 Å². The Morgan fingerprint density at radius 2 is 2.38 bits per heavy atom. The Kier molecular flexibility index (Phi) is 5.46. The van der Waals surface area contributed by atoms with Crippen molar-refractivity contribution in [3.8, 4) is 0 Å². The molecule has 1 aliphatic heterocycles. The number of H-pyrrole nitrogens is 1. The van der Waals surface area contributed by atoms with Crippen molar-refractivity contribution in [3.63, 3.8) is 0 Å². The Hall–Kier alpha value is -1.73. The molecule has 2 rings (SSSR count). The fourth-order valence-electron chi connectivity index (χ4n) is 2.31. The molecule has 1 fully saturated rings. The molecule has 1 atom stereocenters. The van der Waals surface area contributed by atoms with E-state index in [1.54, 1.807) is 6.92 Å². The van der Waals surface area contributed by atoms with E-state index in [2.05, 4.69) is 21.8 Å². The van der Waals surface area contributed by atoms with Crippen molar-refractivity contribution < 1.29 is 14.3 Å². The molecule has 2 heterocycles. The van der Waals surface area contributed by atoms with Crippen molar-refractivity contribution >= 4 is 5.97 Å². The van der Waals surface area contributed by atoms with E-state index in [-0.39, 0.29) is 18.3 Å². The molecule has 21 heavy (non-hydrogen) atoms. The zero-order chi connectivity index (χ0) is 15.2. The minimum atomic E-state index is -0.657. The van der Waals surface area contributed by atoms with Crippen LogP contribution in [0, 0.1) is 0 Å². The average molecular weight is 295 g/mol. The molecule has 1 saturated heterocycles. The highest BCUT2D eigenvalue weighted by molar-refractivity contribution is 5.88. The third kappa shape index (κ3) is 3.89. The molecule has 0 amide bonds. The van der Waals surface area contributed by atoms with E-state index in [1.807, 2.05) is 0 Å². The van der Waals surface area contributed by atoms with E-state index in [1.165, 1.54) is 6.20 Å². The number of aromatic nitrogens is 2. The molecule has 1 N–H and O–H groups in total. The first-order valence-corrected chi connectivity index (χ1v) is 7.26. The number of ether oxygens (including phenoxy) is 2. The number of esters is 1. The molecule has 0 spiro atoms. The average Bonchev–Trinajstić information content (AvgIpc) is 2.48. The van der Waals surface area contributed by atoms with Gasteiger partial charge in [-0.3, -0.25) is 9.69 Å². The molecule has 7 nitrogen and oxygen atoms in total. The van der Waals surface area contributed by atoms with Gasteiger partial charge in [0.25, 0.3) is 5.56 Å². The second-order valence-electron chi connectivity index (χ2n) is 4.89.